The number of nitrogens with one attached hydrogen (secondary N) is 4. The molecule has 1 aromatic heterocycles. The van der Waals surface area contributed by atoms with Gasteiger partial charge in [0.2, 0.25) is 27.8 Å². The van der Waals surface area contributed by atoms with Crippen molar-refractivity contribution >= 4 is 56.4 Å². The average molecular weight is 752 g/mol. The maximum Gasteiger partial charge on any atom is 0.421 e. The van der Waals surface area contributed by atoms with Gasteiger partial charge in [0.1, 0.15) is 17.4 Å². The van der Waals surface area contributed by atoms with Crippen LogP contribution in [0.4, 0.5) is 47.7 Å². The lowest BCUT2D eigenvalue weighted by Crippen LogP contribution is -2.48. The molecule has 1 atom stereocenters. The van der Waals surface area contributed by atoms with Crippen molar-refractivity contribution in [2.24, 2.45) is 0 Å². The Hall–Kier alpha value is -5.42. The van der Waals surface area contributed by atoms with Crippen LogP contribution in [0.25, 0.3) is 0 Å². The van der Waals surface area contributed by atoms with E-state index >= 15 is 0 Å². The highest BCUT2D eigenvalue weighted by molar-refractivity contribution is 7.92. The Morgan fingerprint density at radius 1 is 0.981 bits per heavy atom. The molecule has 4 N–H and O–H groups in total. The molecule has 6 rings (SSSR count). The third kappa shape index (κ3) is 9.53. The molecule has 2 fully saturated rings. The Morgan fingerprint density at radius 3 is 2.42 bits per heavy atom. The number of aromatic nitrogens is 2. The van der Waals surface area contributed by atoms with Crippen molar-refractivity contribution in [3.8, 4) is 0 Å². The number of carbonyl (C=O) groups is 2. The van der Waals surface area contributed by atoms with Gasteiger partial charge in [-0.25, -0.2) is 13.4 Å². The molecule has 2 aliphatic heterocycles. The summed E-state index contributed by atoms with van der Waals surface area (Å²) in [4.78, 5) is 36.5. The minimum Gasteiger partial charge on any atom is -0.373 e. The summed E-state index contributed by atoms with van der Waals surface area (Å²) in [6, 6.07) is 21.4. The van der Waals surface area contributed by atoms with Crippen molar-refractivity contribution in [3.05, 3.63) is 95.7 Å². The zero-order valence-electron chi connectivity index (χ0n) is 29.2. The van der Waals surface area contributed by atoms with Gasteiger partial charge in [0.05, 0.1) is 11.9 Å². The first-order valence-corrected chi connectivity index (χ1v) is 18.8. The quantitative estimate of drug-likeness (QED) is 0.148. The molecule has 13 nitrogen and oxygen atoms in total. The third-order valence-corrected chi connectivity index (χ3v) is 10.4. The molecular weight excluding hydrogens is 712 g/mol. The van der Waals surface area contributed by atoms with Crippen LogP contribution < -0.4 is 30.5 Å². The van der Waals surface area contributed by atoms with Crippen LogP contribution in [-0.2, 0) is 38.9 Å². The fourth-order valence-corrected chi connectivity index (χ4v) is 6.63. The molecule has 0 aliphatic carbocycles. The van der Waals surface area contributed by atoms with E-state index in [1.165, 1.54) is 7.05 Å². The van der Waals surface area contributed by atoms with Gasteiger partial charge in [-0.15, -0.1) is 0 Å². The number of imide groups is 1. The number of rotatable bonds is 12. The number of hydrogen-bond acceptors (Lipinski definition) is 11. The Labute approximate surface area is 305 Å². The fraction of sp³-hybridized carbons (Fsp3) is 0.333. The first kappa shape index (κ1) is 37.3. The summed E-state index contributed by atoms with van der Waals surface area (Å²) in [5.74, 6) is -1.00. The Balaban J connectivity index is 1.05. The number of para-hydroxylation sites is 1. The molecule has 0 radical (unpaired) electrons. The van der Waals surface area contributed by atoms with Crippen LogP contribution in [0.5, 0.6) is 0 Å². The van der Waals surface area contributed by atoms with E-state index in [-0.39, 0.29) is 24.3 Å². The molecule has 1 unspecified atom stereocenters. The first-order chi connectivity index (χ1) is 25.2. The molecule has 4 aromatic rings. The molecule has 17 heteroatoms. The van der Waals surface area contributed by atoms with E-state index in [1.54, 1.807) is 24.3 Å². The van der Waals surface area contributed by atoms with Gasteiger partial charge in [-0.05, 0) is 60.0 Å². The molecule has 0 bridgehead atoms. The number of hydrogen-bond donors (Lipinski definition) is 4. The number of benzene rings is 3. The number of piperazine rings is 1. The number of halogens is 3. The normalized spacial score (nSPS) is 16.9. The van der Waals surface area contributed by atoms with E-state index in [9.17, 15) is 31.2 Å². The van der Waals surface area contributed by atoms with Gasteiger partial charge < -0.3 is 20.9 Å². The number of alkyl halides is 3. The van der Waals surface area contributed by atoms with Crippen LogP contribution in [0.15, 0.2) is 79.0 Å². The molecule has 0 spiro atoms. The number of sulfonamides is 1. The summed E-state index contributed by atoms with van der Waals surface area (Å²) in [7, 11) is -2.12. The summed E-state index contributed by atoms with van der Waals surface area (Å²) >= 11 is 0. The van der Waals surface area contributed by atoms with E-state index in [0.29, 0.717) is 36.3 Å². The summed E-state index contributed by atoms with van der Waals surface area (Å²) in [6.07, 6.45) is -2.16. The zero-order valence-corrected chi connectivity index (χ0v) is 30.0. The van der Waals surface area contributed by atoms with Gasteiger partial charge in [0, 0.05) is 76.0 Å². The molecule has 3 heterocycles. The zero-order chi connectivity index (χ0) is 37.8. The number of nitrogens with zero attached hydrogens (tertiary/aromatic N) is 5. The highest BCUT2D eigenvalue weighted by atomic mass is 32.2. The summed E-state index contributed by atoms with van der Waals surface area (Å²) < 4.78 is 66.6. The number of carbonyl (C=O) groups excluding carboxylic acids is 2. The van der Waals surface area contributed by atoms with Crippen LogP contribution in [0.2, 0.25) is 0 Å². The van der Waals surface area contributed by atoms with Crippen molar-refractivity contribution in [1.29, 1.82) is 0 Å². The second-order valence-electron chi connectivity index (χ2n) is 12.9. The predicted octanol–water partition coefficient (Wildman–Crippen LogP) is 4.79. The maximum absolute atomic E-state index is 13.9. The minimum absolute atomic E-state index is 0.0280. The summed E-state index contributed by atoms with van der Waals surface area (Å²) in [5.41, 5.74) is 3.43. The Morgan fingerprint density at radius 2 is 1.72 bits per heavy atom. The predicted molar refractivity (Wildman–Crippen MR) is 198 cm³/mol. The van der Waals surface area contributed by atoms with Crippen molar-refractivity contribution < 1.29 is 31.2 Å². The first-order valence-electron chi connectivity index (χ1n) is 17.0. The SMILES string of the molecule is CN(c1cccc(CNc2nc(Nc3ccc(N4CCN(Cc5ccccc5NC5CCC(=O)NC5=O)CC4)cc3)ncc2C(F)(F)F)c1)S(C)(=O)=O. The highest BCUT2D eigenvalue weighted by Gasteiger charge is 2.35. The third-order valence-electron chi connectivity index (χ3n) is 9.17. The van der Waals surface area contributed by atoms with Crippen molar-refractivity contribution in [2.45, 2.75) is 38.1 Å². The van der Waals surface area contributed by atoms with Crippen molar-refractivity contribution in [3.63, 3.8) is 0 Å². The number of piperidine rings is 1. The largest absolute Gasteiger partial charge is 0.421 e. The van der Waals surface area contributed by atoms with Gasteiger partial charge in [0.25, 0.3) is 0 Å². The van der Waals surface area contributed by atoms with Crippen LogP contribution >= 0.6 is 0 Å². The van der Waals surface area contributed by atoms with E-state index in [0.717, 1.165) is 59.9 Å². The monoisotopic (exact) mass is 751 g/mol. The Bertz CT molecular complexity index is 2060. The van der Waals surface area contributed by atoms with Gasteiger partial charge >= 0.3 is 6.18 Å². The molecule has 280 valence electrons. The maximum atomic E-state index is 13.9. The molecule has 53 heavy (non-hydrogen) atoms. The highest BCUT2D eigenvalue weighted by Crippen LogP contribution is 2.35. The lowest BCUT2D eigenvalue weighted by atomic mass is 10.0. The van der Waals surface area contributed by atoms with Gasteiger partial charge in [-0.3, -0.25) is 24.1 Å². The minimum atomic E-state index is -4.71. The summed E-state index contributed by atoms with van der Waals surface area (Å²) in [5, 5.41) is 11.4. The fourth-order valence-electron chi connectivity index (χ4n) is 6.13. The van der Waals surface area contributed by atoms with Crippen LogP contribution in [0.1, 0.15) is 29.5 Å². The molecule has 0 saturated carbocycles. The van der Waals surface area contributed by atoms with E-state index < -0.39 is 33.6 Å². The lowest BCUT2D eigenvalue weighted by Gasteiger charge is -2.36. The van der Waals surface area contributed by atoms with Crippen LogP contribution in [-0.4, -0.2) is 80.6 Å². The topological polar surface area (TPSA) is 152 Å². The van der Waals surface area contributed by atoms with Crippen molar-refractivity contribution in [1.82, 2.24) is 20.2 Å². The smallest absolute Gasteiger partial charge is 0.373 e. The molecular formula is C36H40F3N9O4S. The van der Waals surface area contributed by atoms with E-state index in [1.807, 2.05) is 48.5 Å². The van der Waals surface area contributed by atoms with Crippen LogP contribution in [0.3, 0.4) is 0 Å². The molecule has 3 aromatic carbocycles. The average Bonchev–Trinajstić information content (AvgIpc) is 3.12. The second-order valence-corrected chi connectivity index (χ2v) is 15.0. The summed E-state index contributed by atoms with van der Waals surface area (Å²) in [6.45, 7) is 3.82. The number of amides is 2. The lowest BCUT2D eigenvalue weighted by molar-refractivity contribution is -0.137. The van der Waals surface area contributed by atoms with E-state index in [4.69, 9.17) is 0 Å². The Kier molecular flexibility index (Phi) is 11.0. The standard InChI is InChI=1S/C36H40F3N9O4S/c1-46(53(2,51)52)28-8-5-6-24(20-28)21-40-33-29(36(37,38)39)22-41-35(45-33)42-26-10-12-27(13-11-26)48-18-16-47(17-19-48)23-25-7-3-4-9-30(25)43-31-14-15-32(49)44-34(31)50/h3-13,20,22,31,43H,14-19,21,23H2,1-2H3,(H,44,49,50)(H2,40,41,42,45). The second kappa shape index (κ2) is 15.7. The molecule has 2 aliphatic rings. The van der Waals surface area contributed by atoms with E-state index in [2.05, 4.69) is 41.0 Å². The van der Waals surface area contributed by atoms with Crippen molar-refractivity contribution in [2.75, 3.05) is 64.6 Å². The molecule has 2 saturated heterocycles. The van der Waals surface area contributed by atoms with Gasteiger partial charge in [0.15, 0.2) is 0 Å². The van der Waals surface area contributed by atoms with Crippen LogP contribution in [0, 0.1) is 0 Å². The number of anilines is 6. The van der Waals surface area contributed by atoms with Gasteiger partial charge in [-0.1, -0.05) is 30.3 Å². The molecule has 2 amide bonds. The van der Waals surface area contributed by atoms with Gasteiger partial charge in [-0.2, -0.15) is 18.2 Å².